The maximum Gasteiger partial charge on any atom is 0.231 e. The number of hydrogen-bond acceptors (Lipinski definition) is 4. The molecule has 0 unspecified atom stereocenters. The molecule has 114 valence electrons. The number of carbonyl (C=O) groups is 1. The zero-order chi connectivity index (χ0) is 14.7. The lowest BCUT2D eigenvalue weighted by Gasteiger charge is -2.34. The Kier molecular flexibility index (Phi) is 4.29. The second kappa shape index (κ2) is 6.35. The third kappa shape index (κ3) is 3.13. The van der Waals surface area contributed by atoms with Crippen molar-refractivity contribution in [3.63, 3.8) is 0 Å². The molecular formula is C16H22N2O3. The number of likely N-dealkylation sites (N-methyl/N-ethyl adjacent to an activating group) is 1. The number of ether oxygens (including phenoxy) is 2. The molecule has 2 aliphatic heterocycles. The summed E-state index contributed by atoms with van der Waals surface area (Å²) in [5, 5.41) is 0. The smallest absolute Gasteiger partial charge is 0.231 e. The normalized spacial score (nSPS) is 18.0. The average Bonchev–Trinajstić information content (AvgIpc) is 3.02. The van der Waals surface area contributed by atoms with Crippen LogP contribution >= 0.6 is 0 Å². The van der Waals surface area contributed by atoms with E-state index in [1.54, 1.807) is 0 Å². The molecule has 5 nitrogen and oxygen atoms in total. The van der Waals surface area contributed by atoms with E-state index in [9.17, 15) is 4.79 Å². The van der Waals surface area contributed by atoms with Crippen molar-refractivity contribution in [1.82, 2.24) is 9.80 Å². The summed E-state index contributed by atoms with van der Waals surface area (Å²) in [7, 11) is 0. The minimum atomic E-state index is 0.238. The molecule has 0 atom stereocenters. The Labute approximate surface area is 125 Å². The van der Waals surface area contributed by atoms with Gasteiger partial charge in [0, 0.05) is 32.6 Å². The minimum Gasteiger partial charge on any atom is -0.454 e. The van der Waals surface area contributed by atoms with Crippen LogP contribution in [0.5, 0.6) is 11.5 Å². The number of carbonyl (C=O) groups excluding carboxylic acids is 1. The molecule has 0 bridgehead atoms. The van der Waals surface area contributed by atoms with Crippen molar-refractivity contribution in [2.24, 2.45) is 0 Å². The van der Waals surface area contributed by atoms with E-state index in [-0.39, 0.29) is 12.7 Å². The van der Waals surface area contributed by atoms with E-state index in [1.807, 2.05) is 23.1 Å². The summed E-state index contributed by atoms with van der Waals surface area (Å²) in [6.45, 7) is 7.17. The predicted octanol–water partition coefficient (Wildman–Crippen LogP) is 1.51. The van der Waals surface area contributed by atoms with E-state index in [0.717, 1.165) is 49.8 Å². The molecule has 0 radical (unpaired) electrons. The van der Waals surface area contributed by atoms with Crippen LogP contribution in [0, 0.1) is 0 Å². The summed E-state index contributed by atoms with van der Waals surface area (Å²) in [6.07, 6.45) is 1.24. The van der Waals surface area contributed by atoms with Crippen molar-refractivity contribution in [1.29, 1.82) is 0 Å². The van der Waals surface area contributed by atoms with Crippen LogP contribution in [0.2, 0.25) is 0 Å². The molecular weight excluding hydrogens is 268 g/mol. The molecule has 1 saturated heterocycles. The van der Waals surface area contributed by atoms with Crippen LogP contribution in [0.4, 0.5) is 0 Å². The van der Waals surface area contributed by atoms with Gasteiger partial charge in [-0.15, -0.1) is 0 Å². The number of benzene rings is 1. The first-order chi connectivity index (χ1) is 10.3. The van der Waals surface area contributed by atoms with Crippen molar-refractivity contribution >= 4 is 5.91 Å². The summed E-state index contributed by atoms with van der Waals surface area (Å²) in [5.41, 5.74) is 1.06. The van der Waals surface area contributed by atoms with Gasteiger partial charge >= 0.3 is 0 Å². The van der Waals surface area contributed by atoms with E-state index in [0.29, 0.717) is 12.8 Å². The van der Waals surface area contributed by atoms with Gasteiger partial charge in [0.25, 0.3) is 0 Å². The number of rotatable bonds is 4. The number of hydrogen-bond donors (Lipinski definition) is 0. The van der Waals surface area contributed by atoms with E-state index < -0.39 is 0 Å². The molecule has 1 fully saturated rings. The molecule has 1 amide bonds. The maximum absolute atomic E-state index is 12.3. The molecule has 0 N–H and O–H groups in total. The van der Waals surface area contributed by atoms with Crippen molar-refractivity contribution in [3.05, 3.63) is 23.8 Å². The van der Waals surface area contributed by atoms with E-state index >= 15 is 0 Å². The average molecular weight is 290 g/mol. The minimum absolute atomic E-state index is 0.238. The molecule has 0 saturated carbocycles. The largest absolute Gasteiger partial charge is 0.454 e. The number of fused-ring (bicyclic) bond motifs is 1. The molecule has 1 aromatic rings. The van der Waals surface area contributed by atoms with Gasteiger partial charge in [-0.2, -0.15) is 0 Å². The predicted molar refractivity (Wildman–Crippen MR) is 79.6 cm³/mol. The van der Waals surface area contributed by atoms with Gasteiger partial charge in [-0.25, -0.2) is 0 Å². The first-order valence-corrected chi connectivity index (χ1v) is 7.65. The van der Waals surface area contributed by atoms with Gasteiger partial charge in [-0.3, -0.25) is 4.79 Å². The highest BCUT2D eigenvalue weighted by atomic mass is 16.7. The SMILES string of the molecule is CCN1CCN(C(=O)CCc2cccc3c2OCO3)CC1. The van der Waals surface area contributed by atoms with Crippen molar-refractivity contribution in [2.75, 3.05) is 39.5 Å². The third-order valence-electron chi connectivity index (χ3n) is 4.26. The van der Waals surface area contributed by atoms with Gasteiger partial charge in [-0.1, -0.05) is 19.1 Å². The molecule has 3 rings (SSSR count). The highest BCUT2D eigenvalue weighted by molar-refractivity contribution is 5.76. The Morgan fingerprint density at radius 3 is 2.76 bits per heavy atom. The summed E-state index contributed by atoms with van der Waals surface area (Å²) >= 11 is 0. The number of amides is 1. The Balaban J connectivity index is 1.54. The fraction of sp³-hybridized carbons (Fsp3) is 0.562. The van der Waals surface area contributed by atoms with Crippen LogP contribution < -0.4 is 9.47 Å². The maximum atomic E-state index is 12.3. The van der Waals surface area contributed by atoms with Gasteiger partial charge in [0.2, 0.25) is 12.7 Å². The van der Waals surface area contributed by atoms with Gasteiger partial charge in [0.05, 0.1) is 0 Å². The fourth-order valence-corrected chi connectivity index (χ4v) is 2.90. The number of piperazine rings is 1. The van der Waals surface area contributed by atoms with Crippen LogP contribution in [-0.2, 0) is 11.2 Å². The Morgan fingerprint density at radius 2 is 2.00 bits per heavy atom. The van der Waals surface area contributed by atoms with Crippen molar-refractivity contribution < 1.29 is 14.3 Å². The van der Waals surface area contributed by atoms with Crippen LogP contribution in [0.3, 0.4) is 0 Å². The molecule has 0 aliphatic carbocycles. The summed E-state index contributed by atoms with van der Waals surface area (Å²) in [4.78, 5) is 16.7. The molecule has 2 aliphatic rings. The van der Waals surface area contributed by atoms with E-state index in [4.69, 9.17) is 9.47 Å². The zero-order valence-corrected chi connectivity index (χ0v) is 12.5. The highest BCUT2D eigenvalue weighted by Gasteiger charge is 2.21. The second-order valence-corrected chi connectivity index (χ2v) is 5.47. The number of aryl methyl sites for hydroxylation is 1. The molecule has 2 heterocycles. The van der Waals surface area contributed by atoms with Gasteiger partial charge in [0.15, 0.2) is 11.5 Å². The first kappa shape index (κ1) is 14.2. The molecule has 0 aromatic heterocycles. The van der Waals surface area contributed by atoms with Crippen LogP contribution in [0.25, 0.3) is 0 Å². The summed E-state index contributed by atoms with van der Waals surface area (Å²) in [6, 6.07) is 5.86. The Hall–Kier alpha value is -1.75. The first-order valence-electron chi connectivity index (χ1n) is 7.65. The molecule has 21 heavy (non-hydrogen) atoms. The van der Waals surface area contributed by atoms with Crippen LogP contribution in [0.1, 0.15) is 18.9 Å². The zero-order valence-electron chi connectivity index (χ0n) is 12.5. The van der Waals surface area contributed by atoms with E-state index in [1.165, 1.54) is 0 Å². The molecule has 1 aromatic carbocycles. The van der Waals surface area contributed by atoms with Crippen molar-refractivity contribution in [3.8, 4) is 11.5 Å². The molecule has 5 heteroatoms. The van der Waals surface area contributed by atoms with Gasteiger partial charge < -0.3 is 19.3 Å². The number of nitrogens with zero attached hydrogens (tertiary/aromatic N) is 2. The second-order valence-electron chi connectivity index (χ2n) is 5.47. The van der Waals surface area contributed by atoms with Gasteiger partial charge in [-0.05, 0) is 24.6 Å². The van der Waals surface area contributed by atoms with Crippen molar-refractivity contribution in [2.45, 2.75) is 19.8 Å². The quantitative estimate of drug-likeness (QED) is 0.843. The Morgan fingerprint density at radius 1 is 1.19 bits per heavy atom. The lowest BCUT2D eigenvalue weighted by molar-refractivity contribution is -0.132. The molecule has 0 spiro atoms. The monoisotopic (exact) mass is 290 g/mol. The van der Waals surface area contributed by atoms with Crippen LogP contribution in [-0.4, -0.2) is 55.2 Å². The Bertz CT molecular complexity index is 510. The highest BCUT2D eigenvalue weighted by Crippen LogP contribution is 2.35. The van der Waals surface area contributed by atoms with E-state index in [2.05, 4.69) is 11.8 Å². The van der Waals surface area contributed by atoms with Crippen LogP contribution in [0.15, 0.2) is 18.2 Å². The standard InChI is InChI=1S/C16H22N2O3/c1-2-17-8-10-18(11-9-17)15(19)7-6-13-4-3-5-14-16(13)21-12-20-14/h3-5H,2,6-12H2,1H3. The lowest BCUT2D eigenvalue weighted by atomic mass is 10.1. The fourth-order valence-electron chi connectivity index (χ4n) is 2.90. The number of para-hydroxylation sites is 1. The van der Waals surface area contributed by atoms with Gasteiger partial charge in [0.1, 0.15) is 0 Å². The summed E-state index contributed by atoms with van der Waals surface area (Å²) < 4.78 is 10.8. The topological polar surface area (TPSA) is 42.0 Å². The third-order valence-corrected chi connectivity index (χ3v) is 4.26. The summed E-state index contributed by atoms with van der Waals surface area (Å²) in [5.74, 6) is 1.83. The lowest BCUT2D eigenvalue weighted by Crippen LogP contribution is -2.48.